The standard InChI is InChI=1S/C12H16N4/c1-9-2-3-12-14-11(8-16(12)4-9)7-15-5-10(13)6-15/h2-4,8,10H,5-7,13H2,1H3. The minimum Gasteiger partial charge on any atom is -0.325 e. The van der Waals surface area contributed by atoms with Crippen LogP contribution < -0.4 is 5.73 Å². The van der Waals surface area contributed by atoms with Gasteiger partial charge in [0.15, 0.2) is 0 Å². The number of imidazole rings is 1. The molecule has 3 heterocycles. The van der Waals surface area contributed by atoms with E-state index >= 15 is 0 Å². The van der Waals surface area contributed by atoms with E-state index in [9.17, 15) is 0 Å². The lowest BCUT2D eigenvalue weighted by Crippen LogP contribution is -2.54. The van der Waals surface area contributed by atoms with Crippen LogP contribution in [0.15, 0.2) is 24.5 Å². The third-order valence-corrected chi connectivity index (χ3v) is 3.02. The third-order valence-electron chi connectivity index (χ3n) is 3.02. The van der Waals surface area contributed by atoms with E-state index in [4.69, 9.17) is 5.73 Å². The van der Waals surface area contributed by atoms with Crippen LogP contribution in [0.2, 0.25) is 0 Å². The molecule has 0 spiro atoms. The molecule has 2 aromatic heterocycles. The lowest BCUT2D eigenvalue weighted by molar-refractivity contribution is 0.141. The number of aromatic nitrogens is 2. The van der Waals surface area contributed by atoms with Gasteiger partial charge in [0.25, 0.3) is 0 Å². The summed E-state index contributed by atoms with van der Waals surface area (Å²) in [6.07, 6.45) is 4.21. The zero-order valence-electron chi connectivity index (χ0n) is 9.43. The van der Waals surface area contributed by atoms with Crippen LogP contribution in [-0.2, 0) is 6.54 Å². The second-order valence-corrected chi connectivity index (χ2v) is 4.66. The third kappa shape index (κ3) is 1.70. The Morgan fingerprint density at radius 3 is 2.94 bits per heavy atom. The molecule has 2 N–H and O–H groups in total. The van der Waals surface area contributed by atoms with Crippen molar-refractivity contribution in [2.45, 2.75) is 19.5 Å². The smallest absolute Gasteiger partial charge is 0.137 e. The molecule has 4 heteroatoms. The Balaban J connectivity index is 1.82. The van der Waals surface area contributed by atoms with Crippen molar-refractivity contribution in [3.05, 3.63) is 35.8 Å². The van der Waals surface area contributed by atoms with Crippen molar-refractivity contribution in [1.82, 2.24) is 14.3 Å². The van der Waals surface area contributed by atoms with Gasteiger partial charge in [-0.2, -0.15) is 0 Å². The predicted octanol–water partition coefficient (Wildman–Crippen LogP) is 0.786. The molecular formula is C12H16N4. The van der Waals surface area contributed by atoms with Crippen LogP contribution in [0.1, 0.15) is 11.3 Å². The first kappa shape index (κ1) is 9.81. The fraction of sp³-hybridized carbons (Fsp3) is 0.417. The average molecular weight is 216 g/mol. The summed E-state index contributed by atoms with van der Waals surface area (Å²) in [6, 6.07) is 4.51. The van der Waals surface area contributed by atoms with Gasteiger partial charge in [0.2, 0.25) is 0 Å². The highest BCUT2D eigenvalue weighted by Crippen LogP contribution is 2.13. The van der Waals surface area contributed by atoms with E-state index in [2.05, 4.69) is 45.7 Å². The minimum absolute atomic E-state index is 0.360. The van der Waals surface area contributed by atoms with Crippen molar-refractivity contribution in [3.63, 3.8) is 0 Å². The Kier molecular flexibility index (Phi) is 2.19. The minimum atomic E-state index is 0.360. The molecule has 3 rings (SSSR count). The van der Waals surface area contributed by atoms with Gasteiger partial charge >= 0.3 is 0 Å². The highest BCUT2D eigenvalue weighted by atomic mass is 15.2. The second-order valence-electron chi connectivity index (χ2n) is 4.66. The Bertz CT molecular complexity index is 511. The van der Waals surface area contributed by atoms with Crippen LogP contribution in [-0.4, -0.2) is 33.4 Å². The normalized spacial score (nSPS) is 17.9. The van der Waals surface area contributed by atoms with Crippen molar-refractivity contribution in [2.24, 2.45) is 5.73 Å². The van der Waals surface area contributed by atoms with Crippen LogP contribution >= 0.6 is 0 Å². The molecule has 0 saturated carbocycles. The molecule has 0 unspecified atom stereocenters. The highest BCUT2D eigenvalue weighted by Gasteiger charge is 2.23. The summed E-state index contributed by atoms with van der Waals surface area (Å²) < 4.78 is 2.09. The van der Waals surface area contributed by atoms with Gasteiger partial charge in [-0.3, -0.25) is 4.90 Å². The van der Waals surface area contributed by atoms with E-state index < -0.39 is 0 Å². The quantitative estimate of drug-likeness (QED) is 0.807. The summed E-state index contributed by atoms with van der Waals surface area (Å²) in [5.74, 6) is 0. The summed E-state index contributed by atoms with van der Waals surface area (Å²) >= 11 is 0. The van der Waals surface area contributed by atoms with Crippen LogP contribution in [0.4, 0.5) is 0 Å². The molecule has 4 nitrogen and oxygen atoms in total. The number of aryl methyl sites for hydroxylation is 1. The van der Waals surface area contributed by atoms with E-state index in [1.54, 1.807) is 0 Å². The van der Waals surface area contributed by atoms with Crippen molar-refractivity contribution in [1.29, 1.82) is 0 Å². The van der Waals surface area contributed by atoms with E-state index in [0.29, 0.717) is 6.04 Å². The molecule has 0 bridgehead atoms. The zero-order valence-corrected chi connectivity index (χ0v) is 9.43. The molecule has 1 fully saturated rings. The lowest BCUT2D eigenvalue weighted by Gasteiger charge is -2.36. The zero-order chi connectivity index (χ0) is 11.1. The van der Waals surface area contributed by atoms with E-state index in [1.165, 1.54) is 5.56 Å². The Morgan fingerprint density at radius 2 is 2.19 bits per heavy atom. The largest absolute Gasteiger partial charge is 0.325 e. The molecule has 0 aliphatic carbocycles. The lowest BCUT2D eigenvalue weighted by atomic mass is 10.1. The molecule has 0 atom stereocenters. The average Bonchev–Trinajstić information content (AvgIpc) is 2.57. The topological polar surface area (TPSA) is 46.6 Å². The van der Waals surface area contributed by atoms with E-state index in [1.807, 2.05) is 0 Å². The number of rotatable bonds is 2. The van der Waals surface area contributed by atoms with Gasteiger partial charge in [0.1, 0.15) is 5.65 Å². The fourth-order valence-corrected chi connectivity index (χ4v) is 2.20. The van der Waals surface area contributed by atoms with Crippen molar-refractivity contribution >= 4 is 5.65 Å². The second kappa shape index (κ2) is 3.57. The first-order chi connectivity index (χ1) is 7.70. The molecule has 16 heavy (non-hydrogen) atoms. The van der Waals surface area contributed by atoms with Gasteiger partial charge in [0.05, 0.1) is 5.69 Å². The van der Waals surface area contributed by atoms with Gasteiger partial charge in [-0.05, 0) is 18.6 Å². The number of likely N-dealkylation sites (tertiary alicyclic amines) is 1. The molecule has 0 amide bonds. The molecular weight excluding hydrogens is 200 g/mol. The van der Waals surface area contributed by atoms with E-state index in [-0.39, 0.29) is 0 Å². The summed E-state index contributed by atoms with van der Waals surface area (Å²) in [6.45, 7) is 4.99. The van der Waals surface area contributed by atoms with Gasteiger partial charge in [-0.25, -0.2) is 4.98 Å². The maximum atomic E-state index is 5.75. The molecule has 2 aromatic rings. The van der Waals surface area contributed by atoms with Crippen LogP contribution in [0.3, 0.4) is 0 Å². The summed E-state index contributed by atoms with van der Waals surface area (Å²) in [5.41, 5.74) is 9.14. The Labute approximate surface area is 94.7 Å². The maximum Gasteiger partial charge on any atom is 0.137 e. The molecule has 0 radical (unpaired) electrons. The fourth-order valence-electron chi connectivity index (χ4n) is 2.20. The van der Waals surface area contributed by atoms with Gasteiger partial charge in [-0.1, -0.05) is 6.07 Å². The molecule has 0 aromatic carbocycles. The SMILES string of the molecule is Cc1ccc2nc(CN3CC(N)C3)cn2c1. The first-order valence-corrected chi connectivity index (χ1v) is 5.63. The van der Waals surface area contributed by atoms with Crippen LogP contribution in [0.25, 0.3) is 5.65 Å². The number of pyridine rings is 1. The number of nitrogens with two attached hydrogens (primary N) is 1. The number of hydrogen-bond donors (Lipinski definition) is 1. The molecule has 84 valence electrons. The summed E-state index contributed by atoms with van der Waals surface area (Å²) in [5, 5.41) is 0. The maximum absolute atomic E-state index is 5.75. The molecule has 1 aliphatic heterocycles. The number of hydrogen-bond acceptors (Lipinski definition) is 3. The monoisotopic (exact) mass is 216 g/mol. The van der Waals surface area contributed by atoms with Crippen molar-refractivity contribution < 1.29 is 0 Å². The summed E-state index contributed by atoms with van der Waals surface area (Å²) in [4.78, 5) is 6.90. The van der Waals surface area contributed by atoms with Crippen LogP contribution in [0.5, 0.6) is 0 Å². The van der Waals surface area contributed by atoms with Crippen molar-refractivity contribution in [3.8, 4) is 0 Å². The van der Waals surface area contributed by atoms with Crippen molar-refractivity contribution in [2.75, 3.05) is 13.1 Å². The van der Waals surface area contributed by atoms with E-state index in [0.717, 1.165) is 31.0 Å². The Morgan fingerprint density at radius 1 is 1.38 bits per heavy atom. The van der Waals surface area contributed by atoms with Crippen LogP contribution in [0, 0.1) is 6.92 Å². The Hall–Kier alpha value is -1.39. The number of fused-ring (bicyclic) bond motifs is 1. The highest BCUT2D eigenvalue weighted by molar-refractivity contribution is 5.41. The van der Waals surface area contributed by atoms with Gasteiger partial charge in [0, 0.05) is 38.1 Å². The van der Waals surface area contributed by atoms with Gasteiger partial charge < -0.3 is 10.1 Å². The van der Waals surface area contributed by atoms with Gasteiger partial charge in [-0.15, -0.1) is 0 Å². The predicted molar refractivity (Wildman–Crippen MR) is 63.2 cm³/mol. The molecule has 1 aliphatic rings. The summed E-state index contributed by atoms with van der Waals surface area (Å²) in [7, 11) is 0. The molecule has 1 saturated heterocycles. The first-order valence-electron chi connectivity index (χ1n) is 5.63. The number of nitrogens with zero attached hydrogens (tertiary/aromatic N) is 3.